The number of aryl methyl sites for hydroxylation is 1. The zero-order valence-corrected chi connectivity index (χ0v) is 14.6. The van der Waals surface area contributed by atoms with Gasteiger partial charge in [0.05, 0.1) is 4.90 Å². The van der Waals surface area contributed by atoms with Gasteiger partial charge in [-0.1, -0.05) is 35.3 Å². The molecule has 124 valence electrons. The van der Waals surface area contributed by atoms with Crippen LogP contribution in [0, 0.1) is 0 Å². The third-order valence-electron chi connectivity index (χ3n) is 3.14. The molecule has 0 bridgehead atoms. The summed E-state index contributed by atoms with van der Waals surface area (Å²) in [6, 6.07) is 10.8. The zero-order valence-electron chi connectivity index (χ0n) is 12.3. The number of hydrogen-bond acceptors (Lipinski definition) is 5. The van der Waals surface area contributed by atoms with Crippen molar-refractivity contribution in [2.45, 2.75) is 4.90 Å². The molecule has 0 aliphatic carbocycles. The quantitative estimate of drug-likeness (QED) is 0.747. The highest BCUT2D eigenvalue weighted by Crippen LogP contribution is 2.25. The average Bonchev–Trinajstić information content (AvgIpc) is 2.92. The van der Waals surface area contributed by atoms with E-state index in [0.717, 1.165) is 0 Å². The number of anilines is 1. The van der Waals surface area contributed by atoms with Crippen molar-refractivity contribution in [2.24, 2.45) is 7.05 Å². The molecule has 10 heteroatoms. The van der Waals surface area contributed by atoms with Crippen LogP contribution in [0.4, 0.5) is 5.69 Å². The normalized spacial score (nSPS) is 11.5. The summed E-state index contributed by atoms with van der Waals surface area (Å²) in [5.41, 5.74) is 1.04. The van der Waals surface area contributed by atoms with E-state index in [9.17, 15) is 8.42 Å². The fourth-order valence-corrected chi connectivity index (χ4v) is 3.87. The van der Waals surface area contributed by atoms with E-state index in [2.05, 4.69) is 20.2 Å². The van der Waals surface area contributed by atoms with Crippen LogP contribution in [0.15, 0.2) is 47.4 Å². The maximum atomic E-state index is 12.5. The molecule has 0 saturated heterocycles. The van der Waals surface area contributed by atoms with Gasteiger partial charge in [0.25, 0.3) is 10.0 Å². The second kappa shape index (κ2) is 6.39. The molecule has 1 N–H and O–H groups in total. The van der Waals surface area contributed by atoms with Crippen molar-refractivity contribution < 1.29 is 8.42 Å². The van der Waals surface area contributed by atoms with Crippen molar-refractivity contribution >= 4 is 38.9 Å². The Hall–Kier alpha value is -2.16. The van der Waals surface area contributed by atoms with Gasteiger partial charge in [-0.05, 0) is 40.8 Å². The monoisotopic (exact) mass is 383 g/mol. The number of nitrogens with zero attached hydrogens (tertiary/aromatic N) is 4. The van der Waals surface area contributed by atoms with Gasteiger partial charge in [-0.2, -0.15) is 0 Å². The Morgan fingerprint density at radius 1 is 1.08 bits per heavy atom. The van der Waals surface area contributed by atoms with Crippen LogP contribution in [0.5, 0.6) is 0 Å². The van der Waals surface area contributed by atoms with Gasteiger partial charge in [-0.25, -0.2) is 13.1 Å². The average molecular weight is 384 g/mol. The summed E-state index contributed by atoms with van der Waals surface area (Å²) in [7, 11) is -2.14. The van der Waals surface area contributed by atoms with E-state index in [1.54, 1.807) is 31.3 Å². The second-order valence-corrected chi connectivity index (χ2v) is 7.47. The van der Waals surface area contributed by atoms with E-state index in [1.165, 1.54) is 22.9 Å². The van der Waals surface area contributed by atoms with Crippen molar-refractivity contribution in [1.29, 1.82) is 0 Å². The first kappa shape index (κ1) is 16.7. The Bertz CT molecular complexity index is 984. The molecule has 0 spiro atoms. The van der Waals surface area contributed by atoms with Gasteiger partial charge in [0.15, 0.2) is 5.82 Å². The number of nitrogens with one attached hydrogen (secondary N) is 1. The number of halogens is 2. The minimum Gasteiger partial charge on any atom is -0.280 e. The lowest BCUT2D eigenvalue weighted by Crippen LogP contribution is -2.13. The summed E-state index contributed by atoms with van der Waals surface area (Å²) in [6.45, 7) is 0. The van der Waals surface area contributed by atoms with Gasteiger partial charge in [-0.3, -0.25) is 4.72 Å². The summed E-state index contributed by atoms with van der Waals surface area (Å²) in [5, 5.41) is 11.7. The van der Waals surface area contributed by atoms with Crippen LogP contribution in [-0.2, 0) is 17.1 Å². The van der Waals surface area contributed by atoms with E-state index in [1.807, 2.05) is 0 Å². The van der Waals surface area contributed by atoms with Crippen LogP contribution in [0.2, 0.25) is 10.0 Å². The number of rotatable bonds is 4. The topological polar surface area (TPSA) is 89.8 Å². The maximum Gasteiger partial charge on any atom is 0.261 e. The molecule has 0 aliphatic heterocycles. The Morgan fingerprint density at radius 3 is 2.42 bits per heavy atom. The molecule has 2 aromatic carbocycles. The third kappa shape index (κ3) is 3.50. The molecule has 0 radical (unpaired) electrons. The summed E-state index contributed by atoms with van der Waals surface area (Å²) in [6.07, 6.45) is 0. The molecule has 1 aromatic heterocycles. The van der Waals surface area contributed by atoms with E-state index in [0.29, 0.717) is 17.1 Å². The highest BCUT2D eigenvalue weighted by atomic mass is 35.5. The highest BCUT2D eigenvalue weighted by Gasteiger charge is 2.16. The molecule has 24 heavy (non-hydrogen) atoms. The Balaban J connectivity index is 1.95. The number of sulfonamides is 1. The first-order valence-corrected chi connectivity index (χ1v) is 8.91. The molecular weight excluding hydrogens is 373 g/mol. The van der Waals surface area contributed by atoms with Crippen LogP contribution in [0.3, 0.4) is 0 Å². The van der Waals surface area contributed by atoms with E-state index in [-0.39, 0.29) is 14.9 Å². The third-order valence-corrected chi connectivity index (χ3v) is 4.94. The van der Waals surface area contributed by atoms with Crippen LogP contribution >= 0.6 is 23.2 Å². The molecular formula is C14H11Cl2N5O2S. The minimum atomic E-state index is -3.83. The van der Waals surface area contributed by atoms with Crippen LogP contribution < -0.4 is 4.72 Å². The Labute approximate surface area is 148 Å². The largest absolute Gasteiger partial charge is 0.280 e. The predicted octanol–water partition coefficient (Wildman–Crippen LogP) is 2.98. The summed E-state index contributed by atoms with van der Waals surface area (Å²) in [5.74, 6) is 0.516. The number of hydrogen-bond donors (Lipinski definition) is 1. The summed E-state index contributed by atoms with van der Waals surface area (Å²) in [4.78, 5) is -0.0225. The first-order chi connectivity index (χ1) is 11.3. The van der Waals surface area contributed by atoms with Gasteiger partial charge >= 0.3 is 0 Å². The minimum absolute atomic E-state index is 0.0225. The van der Waals surface area contributed by atoms with Gasteiger partial charge in [0.2, 0.25) is 0 Å². The molecule has 3 rings (SSSR count). The molecule has 0 aliphatic rings. The van der Waals surface area contributed by atoms with Crippen molar-refractivity contribution in [3.05, 3.63) is 52.5 Å². The standard InChI is InChI=1S/C14H11Cl2N5O2S/c1-21-14(17-19-20-21)9-3-2-4-12(5-9)18-24(22,23)13-7-10(15)6-11(16)8-13/h2-8,18H,1H3. The fourth-order valence-electron chi connectivity index (χ4n) is 2.09. The summed E-state index contributed by atoms with van der Waals surface area (Å²) < 4.78 is 29.0. The van der Waals surface area contributed by atoms with Gasteiger partial charge in [0, 0.05) is 28.3 Å². The van der Waals surface area contributed by atoms with E-state index >= 15 is 0 Å². The van der Waals surface area contributed by atoms with Crippen molar-refractivity contribution in [3.63, 3.8) is 0 Å². The lowest BCUT2D eigenvalue weighted by molar-refractivity contribution is 0.601. The second-order valence-electron chi connectivity index (χ2n) is 4.92. The smallest absolute Gasteiger partial charge is 0.261 e. The van der Waals surface area contributed by atoms with Crippen molar-refractivity contribution in [3.8, 4) is 11.4 Å². The van der Waals surface area contributed by atoms with Gasteiger partial charge < -0.3 is 0 Å². The molecule has 3 aromatic rings. The van der Waals surface area contributed by atoms with E-state index < -0.39 is 10.0 Å². The Kier molecular flexibility index (Phi) is 4.44. The summed E-state index contributed by atoms with van der Waals surface area (Å²) >= 11 is 11.7. The molecule has 0 saturated carbocycles. The van der Waals surface area contributed by atoms with Crippen LogP contribution in [0.1, 0.15) is 0 Å². The van der Waals surface area contributed by atoms with Gasteiger partial charge in [0.1, 0.15) is 0 Å². The number of benzene rings is 2. The van der Waals surface area contributed by atoms with Crippen molar-refractivity contribution in [2.75, 3.05) is 4.72 Å². The molecule has 0 unspecified atom stereocenters. The lowest BCUT2D eigenvalue weighted by Gasteiger charge is -2.10. The van der Waals surface area contributed by atoms with Crippen molar-refractivity contribution in [1.82, 2.24) is 20.2 Å². The Morgan fingerprint density at radius 2 is 1.79 bits per heavy atom. The predicted molar refractivity (Wildman–Crippen MR) is 91.5 cm³/mol. The SMILES string of the molecule is Cn1nnnc1-c1cccc(NS(=O)(=O)c2cc(Cl)cc(Cl)c2)c1. The zero-order chi connectivity index (χ0) is 17.3. The fraction of sp³-hybridized carbons (Fsp3) is 0.0714. The number of tetrazole rings is 1. The van der Waals surface area contributed by atoms with Crippen LogP contribution in [-0.4, -0.2) is 28.6 Å². The van der Waals surface area contributed by atoms with E-state index in [4.69, 9.17) is 23.2 Å². The molecule has 7 nitrogen and oxygen atoms in total. The lowest BCUT2D eigenvalue weighted by atomic mass is 10.2. The molecule has 1 heterocycles. The number of aromatic nitrogens is 4. The molecule has 0 fully saturated rings. The first-order valence-electron chi connectivity index (χ1n) is 6.67. The molecule has 0 atom stereocenters. The van der Waals surface area contributed by atoms with Crippen LogP contribution in [0.25, 0.3) is 11.4 Å². The maximum absolute atomic E-state index is 12.5. The molecule has 0 amide bonds. The van der Waals surface area contributed by atoms with Gasteiger partial charge in [-0.15, -0.1) is 5.10 Å². The highest BCUT2D eigenvalue weighted by molar-refractivity contribution is 7.92.